The van der Waals surface area contributed by atoms with Gasteiger partial charge in [0, 0.05) is 12.8 Å². The number of halogens is 1. The van der Waals surface area contributed by atoms with E-state index in [-0.39, 0.29) is 40.9 Å². The molecule has 33 heavy (non-hydrogen) atoms. The van der Waals surface area contributed by atoms with Crippen LogP contribution >= 0.6 is 11.6 Å². The normalized spacial score (nSPS) is 11.0. The number of hydrogen-bond donors (Lipinski definition) is 1. The standard InChI is InChI=1S/C20H21ClN2O9S/c21-17-9-6-15(13-18(17)33(22,28)29)20(25)32-16-7-4-14(5-8-16)10-12-30-19(24)3-1-2-11-31-23(26)27/h4-9,13H,1-3,10-12H2,(H2,22,28,29). The van der Waals surface area contributed by atoms with Crippen LogP contribution < -0.4 is 9.88 Å². The summed E-state index contributed by atoms with van der Waals surface area (Å²) < 4.78 is 33.4. The minimum absolute atomic E-state index is 0.0376. The summed E-state index contributed by atoms with van der Waals surface area (Å²) in [5, 5.41) is 14.1. The van der Waals surface area contributed by atoms with Crippen LogP contribution in [0.2, 0.25) is 5.02 Å². The molecule has 2 aromatic carbocycles. The number of nitrogens with zero attached hydrogens (tertiary/aromatic N) is 1. The molecular formula is C20H21ClN2O9S. The number of sulfonamides is 1. The van der Waals surface area contributed by atoms with E-state index >= 15 is 0 Å². The van der Waals surface area contributed by atoms with Crippen molar-refractivity contribution in [2.24, 2.45) is 5.14 Å². The lowest BCUT2D eigenvalue weighted by atomic mass is 10.1. The second-order valence-corrected chi connectivity index (χ2v) is 8.65. The van der Waals surface area contributed by atoms with Crippen molar-refractivity contribution in [2.75, 3.05) is 13.2 Å². The number of ether oxygens (including phenoxy) is 2. The molecule has 0 spiro atoms. The van der Waals surface area contributed by atoms with Crippen LogP contribution in [-0.4, -0.2) is 38.7 Å². The molecule has 0 bridgehead atoms. The van der Waals surface area contributed by atoms with Gasteiger partial charge in [0.2, 0.25) is 10.0 Å². The van der Waals surface area contributed by atoms with Crippen molar-refractivity contribution in [3.63, 3.8) is 0 Å². The molecule has 0 unspecified atom stereocenters. The van der Waals surface area contributed by atoms with Crippen molar-refractivity contribution < 1.29 is 37.4 Å². The molecule has 2 N–H and O–H groups in total. The summed E-state index contributed by atoms with van der Waals surface area (Å²) in [4.78, 5) is 37.7. The van der Waals surface area contributed by atoms with Gasteiger partial charge in [-0.05, 0) is 48.7 Å². The minimum atomic E-state index is -4.10. The highest BCUT2D eigenvalue weighted by atomic mass is 35.5. The van der Waals surface area contributed by atoms with Crippen molar-refractivity contribution in [3.8, 4) is 5.75 Å². The van der Waals surface area contributed by atoms with Gasteiger partial charge in [-0.3, -0.25) is 4.79 Å². The first-order valence-corrected chi connectivity index (χ1v) is 11.5. The third-order valence-electron chi connectivity index (χ3n) is 4.23. The molecule has 13 heteroatoms. The molecule has 11 nitrogen and oxygen atoms in total. The molecule has 0 aliphatic heterocycles. The number of rotatable bonds is 12. The van der Waals surface area contributed by atoms with Gasteiger partial charge in [0.1, 0.15) is 10.6 Å². The van der Waals surface area contributed by atoms with Crippen molar-refractivity contribution >= 4 is 33.6 Å². The van der Waals surface area contributed by atoms with Gasteiger partial charge in [0.15, 0.2) is 0 Å². The van der Waals surface area contributed by atoms with Crippen molar-refractivity contribution in [1.29, 1.82) is 0 Å². The van der Waals surface area contributed by atoms with Crippen LogP contribution in [0.5, 0.6) is 5.75 Å². The Morgan fingerprint density at radius 2 is 1.76 bits per heavy atom. The van der Waals surface area contributed by atoms with E-state index in [1.54, 1.807) is 24.3 Å². The third-order valence-corrected chi connectivity index (χ3v) is 5.63. The zero-order chi connectivity index (χ0) is 24.4. The van der Waals surface area contributed by atoms with Crippen molar-refractivity contribution in [3.05, 3.63) is 68.7 Å². The smallest absolute Gasteiger partial charge is 0.343 e. The number of carbonyl (C=O) groups excluding carboxylic acids is 2. The Morgan fingerprint density at radius 1 is 1.06 bits per heavy atom. The molecule has 2 rings (SSSR count). The average Bonchev–Trinajstić information content (AvgIpc) is 2.74. The van der Waals surface area contributed by atoms with Gasteiger partial charge in [-0.1, -0.05) is 23.7 Å². The Labute approximate surface area is 194 Å². The van der Waals surface area contributed by atoms with Crippen molar-refractivity contribution in [2.45, 2.75) is 30.6 Å². The molecule has 0 amide bonds. The number of benzene rings is 2. The van der Waals surface area contributed by atoms with E-state index < -0.39 is 27.0 Å². The first kappa shape index (κ1) is 26.0. The zero-order valence-electron chi connectivity index (χ0n) is 17.3. The van der Waals surface area contributed by atoms with Gasteiger partial charge in [-0.2, -0.15) is 0 Å². The lowest BCUT2D eigenvalue weighted by molar-refractivity contribution is -0.757. The maximum atomic E-state index is 12.3. The number of esters is 2. The topological polar surface area (TPSA) is 165 Å². The first-order chi connectivity index (χ1) is 15.6. The van der Waals surface area contributed by atoms with Gasteiger partial charge in [0.05, 0.1) is 23.8 Å². The first-order valence-electron chi connectivity index (χ1n) is 9.62. The number of nitrogens with two attached hydrogens (primary N) is 1. The number of primary sulfonamides is 1. The van der Waals surface area contributed by atoms with Gasteiger partial charge in [-0.15, -0.1) is 10.1 Å². The molecular weight excluding hydrogens is 480 g/mol. The van der Waals surface area contributed by atoms with Gasteiger partial charge >= 0.3 is 11.9 Å². The molecule has 0 saturated carbocycles. The van der Waals surface area contributed by atoms with Crippen LogP contribution in [0.3, 0.4) is 0 Å². The van der Waals surface area contributed by atoms with Gasteiger partial charge < -0.3 is 14.3 Å². The highest BCUT2D eigenvalue weighted by Gasteiger charge is 2.17. The largest absolute Gasteiger partial charge is 0.465 e. The lowest BCUT2D eigenvalue weighted by Gasteiger charge is -2.08. The Bertz CT molecular complexity index is 1110. The predicted molar refractivity (Wildman–Crippen MR) is 116 cm³/mol. The third kappa shape index (κ3) is 9.04. The summed E-state index contributed by atoms with van der Waals surface area (Å²) in [5.74, 6) is -0.977. The van der Waals surface area contributed by atoms with E-state index in [4.69, 9.17) is 26.2 Å². The summed E-state index contributed by atoms with van der Waals surface area (Å²) in [5.41, 5.74) is 0.786. The summed E-state index contributed by atoms with van der Waals surface area (Å²) >= 11 is 5.80. The summed E-state index contributed by atoms with van der Waals surface area (Å²) in [6, 6.07) is 10.0. The Balaban J connectivity index is 1.79. The average molecular weight is 501 g/mol. The molecule has 0 fully saturated rings. The van der Waals surface area contributed by atoms with Crippen LogP contribution in [0, 0.1) is 10.1 Å². The summed E-state index contributed by atoms with van der Waals surface area (Å²) in [6.07, 6.45) is 1.35. The fraction of sp³-hybridized carbons (Fsp3) is 0.300. The lowest BCUT2D eigenvalue weighted by Crippen LogP contribution is -2.15. The van der Waals surface area contributed by atoms with E-state index in [9.17, 15) is 28.1 Å². The maximum absolute atomic E-state index is 12.3. The Hall–Kier alpha value is -3.22. The van der Waals surface area contributed by atoms with Crippen LogP contribution in [0.15, 0.2) is 47.4 Å². The van der Waals surface area contributed by atoms with E-state index in [1.807, 2.05) is 0 Å². The van der Waals surface area contributed by atoms with E-state index in [0.29, 0.717) is 19.3 Å². The van der Waals surface area contributed by atoms with Crippen LogP contribution in [-0.2, 0) is 30.8 Å². The number of hydrogen-bond acceptors (Lipinski definition) is 9. The molecule has 178 valence electrons. The molecule has 0 radical (unpaired) electrons. The maximum Gasteiger partial charge on any atom is 0.343 e. The van der Waals surface area contributed by atoms with E-state index in [2.05, 4.69) is 4.84 Å². The zero-order valence-corrected chi connectivity index (χ0v) is 18.8. The van der Waals surface area contributed by atoms with Gasteiger partial charge in [0.25, 0.3) is 5.09 Å². The molecule has 2 aromatic rings. The predicted octanol–water partition coefficient (Wildman–Crippen LogP) is 2.67. The Kier molecular flexibility index (Phi) is 9.57. The van der Waals surface area contributed by atoms with E-state index in [1.165, 1.54) is 12.1 Å². The summed E-state index contributed by atoms with van der Waals surface area (Å²) in [7, 11) is -4.10. The molecule has 0 heterocycles. The quantitative estimate of drug-likeness (QED) is 0.151. The fourth-order valence-electron chi connectivity index (χ4n) is 2.60. The van der Waals surface area contributed by atoms with Crippen LogP contribution in [0.1, 0.15) is 35.2 Å². The van der Waals surface area contributed by atoms with Crippen LogP contribution in [0.4, 0.5) is 0 Å². The SMILES string of the molecule is NS(=O)(=O)c1cc(C(=O)Oc2ccc(CCOC(=O)CCCCO[N+](=O)[O-])cc2)ccc1Cl. The minimum Gasteiger partial charge on any atom is -0.465 e. The van der Waals surface area contributed by atoms with Gasteiger partial charge in [-0.25, -0.2) is 18.4 Å². The monoisotopic (exact) mass is 500 g/mol. The fourth-order valence-corrected chi connectivity index (χ4v) is 3.68. The Morgan fingerprint density at radius 3 is 2.39 bits per heavy atom. The van der Waals surface area contributed by atoms with Crippen LogP contribution in [0.25, 0.3) is 0 Å². The highest BCUT2D eigenvalue weighted by molar-refractivity contribution is 7.89. The number of unbranched alkanes of at least 4 members (excludes halogenated alkanes) is 1. The van der Waals surface area contributed by atoms with Crippen molar-refractivity contribution in [1.82, 2.24) is 0 Å². The molecule has 0 aromatic heterocycles. The number of carbonyl (C=O) groups is 2. The van der Waals surface area contributed by atoms with E-state index in [0.717, 1.165) is 11.6 Å². The second kappa shape index (κ2) is 12.1. The highest BCUT2D eigenvalue weighted by Crippen LogP contribution is 2.23. The molecule has 0 atom stereocenters. The molecule has 0 saturated heterocycles. The summed E-state index contributed by atoms with van der Waals surface area (Å²) in [6.45, 7) is 0.0764. The molecule has 0 aliphatic carbocycles. The second-order valence-electron chi connectivity index (χ2n) is 6.71. The molecule has 0 aliphatic rings.